The molecule has 0 radical (unpaired) electrons. The number of nitrogens with zero attached hydrogens (tertiary/aromatic N) is 2. The zero-order chi connectivity index (χ0) is 20.5. The number of benzene rings is 2. The number of carbonyl (C=O) groups excluding carboxylic acids is 1. The second-order valence-electron chi connectivity index (χ2n) is 6.04. The van der Waals surface area contributed by atoms with Crippen LogP contribution in [0.15, 0.2) is 78.6 Å². The summed E-state index contributed by atoms with van der Waals surface area (Å²) in [7, 11) is 1.52. The number of amides is 1. The zero-order valence-corrected chi connectivity index (χ0v) is 15.8. The molecule has 1 aromatic heterocycles. The maximum absolute atomic E-state index is 12.5. The van der Waals surface area contributed by atoms with Crippen molar-refractivity contribution in [2.75, 3.05) is 12.4 Å². The smallest absolute Gasteiger partial charge is 0.266 e. The fourth-order valence-electron chi connectivity index (χ4n) is 2.56. The number of rotatable bonds is 7. The molecule has 1 N–H and O–H groups in total. The number of nitrogens with one attached hydrogen (secondary N) is 1. The van der Waals surface area contributed by atoms with Gasteiger partial charge in [-0.2, -0.15) is 5.26 Å². The van der Waals surface area contributed by atoms with E-state index in [4.69, 9.17) is 9.47 Å². The molecule has 0 aliphatic heterocycles. The number of hydrogen-bond donors (Lipinski definition) is 1. The molecule has 0 saturated heterocycles. The third kappa shape index (κ3) is 5.44. The molecule has 144 valence electrons. The quantitative estimate of drug-likeness (QED) is 0.486. The first kappa shape index (κ1) is 19.6. The van der Waals surface area contributed by atoms with Crippen LogP contribution >= 0.6 is 0 Å². The van der Waals surface area contributed by atoms with Gasteiger partial charge in [0.1, 0.15) is 29.7 Å². The van der Waals surface area contributed by atoms with Crippen LogP contribution in [0.5, 0.6) is 11.5 Å². The van der Waals surface area contributed by atoms with Gasteiger partial charge in [0.25, 0.3) is 5.91 Å². The fourth-order valence-corrected chi connectivity index (χ4v) is 2.56. The van der Waals surface area contributed by atoms with Crippen LogP contribution in [-0.2, 0) is 11.4 Å². The third-order valence-corrected chi connectivity index (χ3v) is 4.07. The van der Waals surface area contributed by atoms with Crippen LogP contribution < -0.4 is 14.8 Å². The monoisotopic (exact) mass is 385 g/mol. The number of para-hydroxylation sites is 2. The Morgan fingerprint density at radius 1 is 1.10 bits per heavy atom. The van der Waals surface area contributed by atoms with E-state index in [0.717, 1.165) is 5.56 Å². The molecule has 0 atom stereocenters. The maximum atomic E-state index is 12.5. The Hall–Kier alpha value is -4.11. The minimum atomic E-state index is -0.505. The van der Waals surface area contributed by atoms with Crippen molar-refractivity contribution >= 4 is 17.7 Å². The van der Waals surface area contributed by atoms with E-state index in [9.17, 15) is 10.1 Å². The van der Waals surface area contributed by atoms with Crippen molar-refractivity contribution in [3.8, 4) is 17.6 Å². The van der Waals surface area contributed by atoms with E-state index in [2.05, 4.69) is 10.3 Å². The van der Waals surface area contributed by atoms with E-state index in [1.54, 1.807) is 60.9 Å². The Balaban J connectivity index is 1.67. The average molecular weight is 385 g/mol. The number of aromatic nitrogens is 1. The standard InChI is InChI=1S/C23H19N3O3/c1-28-22-5-3-2-4-21(22)26-23(27)19(15-24)14-17-6-8-20(9-7-17)29-16-18-10-12-25-13-11-18/h2-14H,16H2,1H3,(H,26,27)/b19-14+. The highest BCUT2D eigenvalue weighted by Crippen LogP contribution is 2.24. The molecule has 0 aliphatic rings. The number of nitriles is 1. The van der Waals surface area contributed by atoms with Crippen LogP contribution in [0, 0.1) is 11.3 Å². The second kappa shape index (κ2) is 9.72. The predicted molar refractivity (Wildman–Crippen MR) is 110 cm³/mol. The molecule has 0 spiro atoms. The van der Waals surface area contributed by atoms with Crippen LogP contribution in [0.25, 0.3) is 6.08 Å². The molecule has 3 aromatic rings. The van der Waals surface area contributed by atoms with Gasteiger partial charge >= 0.3 is 0 Å². The molecule has 0 saturated carbocycles. The van der Waals surface area contributed by atoms with Crippen molar-refractivity contribution < 1.29 is 14.3 Å². The van der Waals surface area contributed by atoms with Gasteiger partial charge in [-0.05, 0) is 53.6 Å². The van der Waals surface area contributed by atoms with Gasteiger partial charge in [-0.3, -0.25) is 9.78 Å². The summed E-state index contributed by atoms with van der Waals surface area (Å²) in [6.07, 6.45) is 4.95. The molecular weight excluding hydrogens is 366 g/mol. The highest BCUT2D eigenvalue weighted by Gasteiger charge is 2.12. The fraction of sp³-hybridized carbons (Fsp3) is 0.0870. The van der Waals surface area contributed by atoms with Gasteiger partial charge in [-0.25, -0.2) is 0 Å². The summed E-state index contributed by atoms with van der Waals surface area (Å²) in [6.45, 7) is 0.433. The normalized spacial score (nSPS) is 10.7. The highest BCUT2D eigenvalue weighted by molar-refractivity contribution is 6.10. The van der Waals surface area contributed by atoms with Gasteiger partial charge in [0.2, 0.25) is 0 Å². The van der Waals surface area contributed by atoms with Crippen molar-refractivity contribution in [3.05, 3.63) is 89.8 Å². The highest BCUT2D eigenvalue weighted by atomic mass is 16.5. The van der Waals surface area contributed by atoms with Crippen molar-refractivity contribution in [1.82, 2.24) is 4.98 Å². The maximum Gasteiger partial charge on any atom is 0.266 e. The van der Waals surface area contributed by atoms with Gasteiger partial charge in [0.15, 0.2) is 0 Å². The first-order valence-corrected chi connectivity index (χ1v) is 8.87. The van der Waals surface area contributed by atoms with E-state index >= 15 is 0 Å². The van der Waals surface area contributed by atoms with E-state index in [1.807, 2.05) is 18.2 Å². The van der Waals surface area contributed by atoms with Crippen LogP contribution in [-0.4, -0.2) is 18.0 Å². The van der Waals surface area contributed by atoms with E-state index in [1.165, 1.54) is 13.2 Å². The van der Waals surface area contributed by atoms with Crippen molar-refractivity contribution in [3.63, 3.8) is 0 Å². The molecule has 1 amide bonds. The number of anilines is 1. The minimum absolute atomic E-state index is 0.0126. The Labute approximate surface area is 169 Å². The SMILES string of the molecule is COc1ccccc1NC(=O)/C(C#N)=C/c1ccc(OCc2ccncc2)cc1. The van der Waals surface area contributed by atoms with Crippen LogP contribution in [0.4, 0.5) is 5.69 Å². The lowest BCUT2D eigenvalue weighted by atomic mass is 10.1. The Morgan fingerprint density at radius 3 is 2.52 bits per heavy atom. The first-order valence-electron chi connectivity index (χ1n) is 8.87. The molecule has 29 heavy (non-hydrogen) atoms. The summed E-state index contributed by atoms with van der Waals surface area (Å²) in [4.78, 5) is 16.4. The molecule has 1 heterocycles. The van der Waals surface area contributed by atoms with Gasteiger partial charge in [-0.15, -0.1) is 0 Å². The van der Waals surface area contributed by atoms with Crippen molar-refractivity contribution in [2.45, 2.75) is 6.61 Å². The molecule has 0 bridgehead atoms. The second-order valence-corrected chi connectivity index (χ2v) is 6.04. The van der Waals surface area contributed by atoms with E-state index in [-0.39, 0.29) is 5.57 Å². The molecular formula is C23H19N3O3. The summed E-state index contributed by atoms with van der Waals surface area (Å²) in [6, 6.07) is 19.9. The summed E-state index contributed by atoms with van der Waals surface area (Å²) >= 11 is 0. The molecule has 0 unspecified atom stereocenters. The molecule has 6 nitrogen and oxygen atoms in total. The van der Waals surface area contributed by atoms with E-state index < -0.39 is 5.91 Å². The van der Waals surface area contributed by atoms with E-state index in [0.29, 0.717) is 29.4 Å². The topological polar surface area (TPSA) is 84.2 Å². The van der Waals surface area contributed by atoms with Crippen molar-refractivity contribution in [1.29, 1.82) is 5.26 Å². The van der Waals surface area contributed by atoms with Gasteiger partial charge in [-0.1, -0.05) is 24.3 Å². The lowest BCUT2D eigenvalue weighted by Crippen LogP contribution is -2.14. The predicted octanol–water partition coefficient (Wildman–Crippen LogP) is 4.21. The zero-order valence-electron chi connectivity index (χ0n) is 15.8. The van der Waals surface area contributed by atoms with Gasteiger partial charge in [0.05, 0.1) is 12.8 Å². The molecule has 0 fully saturated rings. The Morgan fingerprint density at radius 2 is 1.83 bits per heavy atom. The van der Waals surface area contributed by atoms with Crippen molar-refractivity contribution in [2.24, 2.45) is 0 Å². The number of ether oxygens (including phenoxy) is 2. The largest absolute Gasteiger partial charge is 0.495 e. The molecule has 0 aliphatic carbocycles. The molecule has 6 heteroatoms. The summed E-state index contributed by atoms with van der Waals surface area (Å²) in [5.41, 5.74) is 2.22. The summed E-state index contributed by atoms with van der Waals surface area (Å²) in [5, 5.41) is 12.1. The number of hydrogen-bond acceptors (Lipinski definition) is 5. The van der Waals surface area contributed by atoms with Crippen LogP contribution in [0.1, 0.15) is 11.1 Å². The van der Waals surface area contributed by atoms with Gasteiger partial charge in [0, 0.05) is 12.4 Å². The third-order valence-electron chi connectivity index (χ3n) is 4.07. The lowest BCUT2D eigenvalue weighted by molar-refractivity contribution is -0.112. The van der Waals surface area contributed by atoms with Crippen LogP contribution in [0.3, 0.4) is 0 Å². The average Bonchev–Trinajstić information content (AvgIpc) is 2.78. The number of carbonyl (C=O) groups is 1. The van der Waals surface area contributed by atoms with Gasteiger partial charge < -0.3 is 14.8 Å². The molecule has 3 rings (SSSR count). The minimum Gasteiger partial charge on any atom is -0.495 e. The summed E-state index contributed by atoms with van der Waals surface area (Å²) in [5.74, 6) is 0.708. The van der Waals surface area contributed by atoms with Crippen LogP contribution in [0.2, 0.25) is 0 Å². The first-order chi connectivity index (χ1) is 14.2. The number of methoxy groups -OCH3 is 1. The molecule has 2 aromatic carbocycles. The lowest BCUT2D eigenvalue weighted by Gasteiger charge is -2.09. The summed E-state index contributed by atoms with van der Waals surface area (Å²) < 4.78 is 10.9. The number of pyridine rings is 1. The Kier molecular flexibility index (Phi) is 6.58. The Bertz CT molecular complexity index is 1040.